The SMILES string of the molecule is COCC(=O)N1CCC(NC(=O)C(C)CCCN)CC1. The van der Waals surface area contributed by atoms with Crippen molar-refractivity contribution in [2.45, 2.75) is 38.6 Å². The van der Waals surface area contributed by atoms with E-state index in [1.165, 1.54) is 7.11 Å². The minimum absolute atomic E-state index is 0.00621. The molecular weight excluding hydrogens is 258 g/mol. The molecular formula is C14H27N3O3. The molecule has 1 aliphatic heterocycles. The first-order chi connectivity index (χ1) is 9.58. The Kier molecular flexibility index (Phi) is 7.54. The maximum absolute atomic E-state index is 12.0. The van der Waals surface area contributed by atoms with Crippen LogP contribution < -0.4 is 11.1 Å². The number of amides is 2. The predicted octanol–water partition coefficient (Wildman–Crippen LogP) is 0.115. The highest BCUT2D eigenvalue weighted by atomic mass is 16.5. The fourth-order valence-corrected chi connectivity index (χ4v) is 2.39. The summed E-state index contributed by atoms with van der Waals surface area (Å²) in [7, 11) is 1.52. The van der Waals surface area contributed by atoms with Crippen LogP contribution in [0.5, 0.6) is 0 Å². The topological polar surface area (TPSA) is 84.7 Å². The van der Waals surface area contributed by atoms with Gasteiger partial charge in [0, 0.05) is 32.2 Å². The third kappa shape index (κ3) is 5.46. The average Bonchev–Trinajstić information content (AvgIpc) is 2.45. The molecule has 3 N–H and O–H groups in total. The number of piperidine rings is 1. The fourth-order valence-electron chi connectivity index (χ4n) is 2.39. The summed E-state index contributed by atoms with van der Waals surface area (Å²) in [6.07, 6.45) is 3.32. The Morgan fingerprint density at radius 1 is 1.40 bits per heavy atom. The maximum atomic E-state index is 12.0. The minimum atomic E-state index is 0.00621. The summed E-state index contributed by atoms with van der Waals surface area (Å²) in [5, 5.41) is 3.07. The number of hydrogen-bond acceptors (Lipinski definition) is 4. The lowest BCUT2D eigenvalue weighted by molar-refractivity contribution is -0.136. The van der Waals surface area contributed by atoms with Crippen LogP contribution in [-0.2, 0) is 14.3 Å². The summed E-state index contributed by atoms with van der Waals surface area (Å²) in [5.41, 5.74) is 5.45. The van der Waals surface area contributed by atoms with E-state index in [-0.39, 0.29) is 30.4 Å². The van der Waals surface area contributed by atoms with E-state index in [1.807, 2.05) is 6.92 Å². The molecule has 1 saturated heterocycles. The van der Waals surface area contributed by atoms with Gasteiger partial charge in [-0.25, -0.2) is 0 Å². The first-order valence-electron chi connectivity index (χ1n) is 7.35. The smallest absolute Gasteiger partial charge is 0.248 e. The first-order valence-corrected chi connectivity index (χ1v) is 7.35. The van der Waals surface area contributed by atoms with Crippen molar-refractivity contribution in [3.63, 3.8) is 0 Å². The predicted molar refractivity (Wildman–Crippen MR) is 77.1 cm³/mol. The molecule has 1 heterocycles. The van der Waals surface area contributed by atoms with Crippen LogP contribution >= 0.6 is 0 Å². The third-order valence-corrected chi connectivity index (χ3v) is 3.75. The number of carbonyl (C=O) groups is 2. The lowest BCUT2D eigenvalue weighted by atomic mass is 10.0. The number of carbonyl (C=O) groups excluding carboxylic acids is 2. The molecule has 0 aromatic rings. The van der Waals surface area contributed by atoms with E-state index in [4.69, 9.17) is 10.5 Å². The number of methoxy groups -OCH3 is 1. The van der Waals surface area contributed by atoms with E-state index in [9.17, 15) is 9.59 Å². The molecule has 0 spiro atoms. The standard InChI is InChI=1S/C14H27N3O3/c1-11(4-3-7-15)14(19)16-12-5-8-17(9-6-12)13(18)10-20-2/h11-12H,3-10,15H2,1-2H3,(H,16,19). The molecule has 0 aliphatic carbocycles. The van der Waals surface area contributed by atoms with E-state index in [0.29, 0.717) is 19.6 Å². The second-order valence-corrected chi connectivity index (χ2v) is 5.43. The highest BCUT2D eigenvalue weighted by Crippen LogP contribution is 2.12. The molecule has 0 aromatic carbocycles. The van der Waals surface area contributed by atoms with Crippen molar-refractivity contribution in [3.05, 3.63) is 0 Å². The van der Waals surface area contributed by atoms with Crippen LogP contribution in [0.3, 0.4) is 0 Å². The van der Waals surface area contributed by atoms with Crippen LogP contribution in [0.2, 0.25) is 0 Å². The monoisotopic (exact) mass is 285 g/mol. The fraction of sp³-hybridized carbons (Fsp3) is 0.857. The molecule has 0 aromatic heterocycles. The molecule has 6 heteroatoms. The number of likely N-dealkylation sites (tertiary alicyclic amines) is 1. The van der Waals surface area contributed by atoms with Gasteiger partial charge in [0.15, 0.2) is 0 Å². The van der Waals surface area contributed by atoms with E-state index in [2.05, 4.69) is 5.32 Å². The Morgan fingerprint density at radius 2 is 2.05 bits per heavy atom. The van der Waals surface area contributed by atoms with Gasteiger partial charge >= 0.3 is 0 Å². The summed E-state index contributed by atoms with van der Waals surface area (Å²) in [6, 6.07) is 0.175. The summed E-state index contributed by atoms with van der Waals surface area (Å²) < 4.78 is 4.85. The van der Waals surface area contributed by atoms with E-state index in [0.717, 1.165) is 25.7 Å². The van der Waals surface area contributed by atoms with Gasteiger partial charge in [0.05, 0.1) is 0 Å². The quantitative estimate of drug-likeness (QED) is 0.695. The van der Waals surface area contributed by atoms with Gasteiger partial charge in [-0.05, 0) is 32.2 Å². The molecule has 1 unspecified atom stereocenters. The van der Waals surface area contributed by atoms with Gasteiger partial charge in [-0.3, -0.25) is 9.59 Å². The molecule has 1 rings (SSSR count). The molecule has 6 nitrogen and oxygen atoms in total. The van der Waals surface area contributed by atoms with Crippen LogP contribution in [0.1, 0.15) is 32.6 Å². The second-order valence-electron chi connectivity index (χ2n) is 5.43. The highest BCUT2D eigenvalue weighted by Gasteiger charge is 2.24. The Bertz CT molecular complexity index is 315. The summed E-state index contributed by atoms with van der Waals surface area (Å²) in [5.74, 6) is 0.125. The van der Waals surface area contributed by atoms with Crippen LogP contribution in [0.4, 0.5) is 0 Å². The zero-order chi connectivity index (χ0) is 15.0. The Balaban J connectivity index is 2.28. The van der Waals surface area contributed by atoms with Gasteiger partial charge in [0.25, 0.3) is 0 Å². The molecule has 0 saturated carbocycles. The van der Waals surface area contributed by atoms with Gasteiger partial charge in [-0.2, -0.15) is 0 Å². The molecule has 1 fully saturated rings. The lowest BCUT2D eigenvalue weighted by Gasteiger charge is -2.32. The summed E-state index contributed by atoms with van der Waals surface area (Å²) >= 11 is 0. The maximum Gasteiger partial charge on any atom is 0.248 e. The Morgan fingerprint density at radius 3 is 2.60 bits per heavy atom. The van der Waals surface area contributed by atoms with E-state index < -0.39 is 0 Å². The van der Waals surface area contributed by atoms with Gasteiger partial charge < -0.3 is 20.7 Å². The average molecular weight is 285 g/mol. The van der Waals surface area contributed by atoms with Crippen molar-refractivity contribution in [2.24, 2.45) is 11.7 Å². The summed E-state index contributed by atoms with van der Waals surface area (Å²) in [4.78, 5) is 25.4. The van der Waals surface area contributed by atoms with Gasteiger partial charge in [0.2, 0.25) is 11.8 Å². The molecule has 1 aliphatic rings. The van der Waals surface area contributed by atoms with E-state index in [1.54, 1.807) is 4.90 Å². The summed E-state index contributed by atoms with van der Waals surface area (Å²) in [6.45, 7) is 4.06. The molecule has 20 heavy (non-hydrogen) atoms. The van der Waals surface area contributed by atoms with Gasteiger partial charge in [0.1, 0.15) is 6.61 Å². The van der Waals surface area contributed by atoms with E-state index >= 15 is 0 Å². The first kappa shape index (κ1) is 16.9. The van der Waals surface area contributed by atoms with Crippen molar-refractivity contribution < 1.29 is 14.3 Å². The number of nitrogens with one attached hydrogen (secondary N) is 1. The van der Waals surface area contributed by atoms with Crippen molar-refractivity contribution in [2.75, 3.05) is 33.4 Å². The largest absolute Gasteiger partial charge is 0.375 e. The molecule has 0 radical (unpaired) electrons. The van der Waals surface area contributed by atoms with Crippen LogP contribution in [0, 0.1) is 5.92 Å². The number of nitrogens with two attached hydrogens (primary N) is 1. The van der Waals surface area contributed by atoms with Crippen LogP contribution in [0.15, 0.2) is 0 Å². The second kappa shape index (κ2) is 8.92. The van der Waals surface area contributed by atoms with Crippen LogP contribution in [-0.4, -0.2) is 56.1 Å². The van der Waals surface area contributed by atoms with Crippen molar-refractivity contribution in [3.8, 4) is 0 Å². The number of ether oxygens (including phenoxy) is 1. The van der Waals surface area contributed by atoms with Crippen molar-refractivity contribution in [1.29, 1.82) is 0 Å². The number of nitrogens with zero attached hydrogens (tertiary/aromatic N) is 1. The molecule has 1 atom stereocenters. The zero-order valence-corrected chi connectivity index (χ0v) is 12.6. The van der Waals surface area contributed by atoms with Gasteiger partial charge in [-0.15, -0.1) is 0 Å². The normalized spacial score (nSPS) is 17.9. The zero-order valence-electron chi connectivity index (χ0n) is 12.6. The molecule has 0 bridgehead atoms. The number of hydrogen-bond donors (Lipinski definition) is 2. The number of rotatable bonds is 7. The highest BCUT2D eigenvalue weighted by molar-refractivity contribution is 5.79. The van der Waals surface area contributed by atoms with Crippen LogP contribution in [0.25, 0.3) is 0 Å². The minimum Gasteiger partial charge on any atom is -0.375 e. The Hall–Kier alpha value is -1.14. The third-order valence-electron chi connectivity index (χ3n) is 3.75. The van der Waals surface area contributed by atoms with Gasteiger partial charge in [-0.1, -0.05) is 6.92 Å². The molecule has 2 amide bonds. The van der Waals surface area contributed by atoms with Crippen molar-refractivity contribution >= 4 is 11.8 Å². The lowest BCUT2D eigenvalue weighted by Crippen LogP contribution is -2.48. The molecule has 116 valence electrons. The van der Waals surface area contributed by atoms with Crippen molar-refractivity contribution in [1.82, 2.24) is 10.2 Å². The Labute approximate surface area is 121 Å².